The van der Waals surface area contributed by atoms with E-state index in [2.05, 4.69) is 26.6 Å². The maximum atomic E-state index is 11.6. The highest BCUT2D eigenvalue weighted by molar-refractivity contribution is 9.10. The molecule has 4 N–H and O–H groups in total. The zero-order valence-corrected chi connectivity index (χ0v) is 9.22. The molecule has 0 spiro atoms. The molecule has 0 unspecified atom stereocenters. The third kappa shape index (κ3) is 1.68. The lowest BCUT2D eigenvalue weighted by atomic mass is 10.1. The average Bonchev–Trinajstić information content (AvgIpc) is 2.34. The van der Waals surface area contributed by atoms with E-state index in [0.717, 1.165) is 0 Å². The number of fused-ring (bicyclic) bond motifs is 1. The Balaban J connectivity index is 2.66. The van der Waals surface area contributed by atoms with Gasteiger partial charge in [0.15, 0.2) is 0 Å². The second-order valence-corrected chi connectivity index (χ2v) is 3.97. The SMILES string of the molecule is Nc1ccc(Br)c2c1NC(=O)CNC2=O. The number of anilines is 2. The van der Waals surface area contributed by atoms with Crippen LogP contribution in [-0.4, -0.2) is 18.4 Å². The Morgan fingerprint density at radius 3 is 2.80 bits per heavy atom. The molecule has 1 heterocycles. The molecule has 78 valence electrons. The van der Waals surface area contributed by atoms with E-state index in [4.69, 9.17) is 5.73 Å². The average molecular weight is 270 g/mol. The number of halogens is 1. The Morgan fingerprint density at radius 1 is 1.33 bits per heavy atom. The van der Waals surface area contributed by atoms with Crippen LogP contribution in [0, 0.1) is 0 Å². The monoisotopic (exact) mass is 269 g/mol. The van der Waals surface area contributed by atoms with Crippen LogP contribution in [0.1, 0.15) is 10.4 Å². The van der Waals surface area contributed by atoms with Crippen molar-refractivity contribution in [3.05, 3.63) is 22.2 Å². The Morgan fingerprint density at radius 2 is 2.07 bits per heavy atom. The van der Waals surface area contributed by atoms with E-state index in [1.165, 1.54) is 0 Å². The van der Waals surface area contributed by atoms with E-state index < -0.39 is 0 Å². The Bertz CT molecular complexity index is 459. The van der Waals surface area contributed by atoms with Gasteiger partial charge in [0.25, 0.3) is 5.91 Å². The molecule has 0 saturated heterocycles. The van der Waals surface area contributed by atoms with E-state index in [0.29, 0.717) is 21.4 Å². The molecular weight excluding hydrogens is 262 g/mol. The summed E-state index contributed by atoms with van der Waals surface area (Å²) in [5.41, 5.74) is 6.79. The maximum Gasteiger partial charge on any atom is 0.255 e. The lowest BCUT2D eigenvalue weighted by molar-refractivity contribution is -0.115. The molecule has 2 amide bonds. The maximum absolute atomic E-state index is 11.6. The van der Waals surface area contributed by atoms with Crippen LogP contribution in [0.15, 0.2) is 16.6 Å². The molecule has 0 radical (unpaired) electrons. The molecule has 1 aromatic rings. The summed E-state index contributed by atoms with van der Waals surface area (Å²) in [6, 6.07) is 3.30. The van der Waals surface area contributed by atoms with Crippen molar-refractivity contribution in [3.63, 3.8) is 0 Å². The van der Waals surface area contributed by atoms with Gasteiger partial charge in [-0.25, -0.2) is 0 Å². The van der Waals surface area contributed by atoms with Crippen molar-refractivity contribution in [2.75, 3.05) is 17.6 Å². The molecule has 0 saturated carbocycles. The molecule has 0 bridgehead atoms. The molecular formula is C9H8BrN3O2. The fourth-order valence-electron chi connectivity index (χ4n) is 1.38. The number of carbonyl (C=O) groups is 2. The molecule has 1 aliphatic rings. The topological polar surface area (TPSA) is 84.2 Å². The molecule has 0 aromatic heterocycles. The fraction of sp³-hybridized carbons (Fsp3) is 0.111. The molecule has 2 rings (SSSR count). The third-order valence-corrected chi connectivity index (χ3v) is 2.75. The normalized spacial score (nSPS) is 15.0. The van der Waals surface area contributed by atoms with Crippen molar-refractivity contribution >= 4 is 39.1 Å². The van der Waals surface area contributed by atoms with E-state index in [-0.39, 0.29) is 18.4 Å². The quantitative estimate of drug-likeness (QED) is 0.607. The van der Waals surface area contributed by atoms with Gasteiger partial charge in [-0.1, -0.05) is 0 Å². The zero-order chi connectivity index (χ0) is 11.0. The number of hydrogen-bond acceptors (Lipinski definition) is 3. The molecule has 0 aliphatic carbocycles. The van der Waals surface area contributed by atoms with Gasteiger partial charge in [0, 0.05) is 4.47 Å². The summed E-state index contributed by atoms with van der Waals surface area (Å²) in [4.78, 5) is 22.9. The number of carbonyl (C=O) groups excluding carboxylic acids is 2. The second-order valence-electron chi connectivity index (χ2n) is 3.12. The number of amides is 2. The first-order valence-electron chi connectivity index (χ1n) is 4.25. The van der Waals surface area contributed by atoms with E-state index in [1.54, 1.807) is 12.1 Å². The van der Waals surface area contributed by atoms with Crippen LogP contribution in [0.25, 0.3) is 0 Å². The highest BCUT2D eigenvalue weighted by Crippen LogP contribution is 2.31. The van der Waals surface area contributed by atoms with Crippen LogP contribution >= 0.6 is 15.9 Å². The van der Waals surface area contributed by atoms with Gasteiger partial charge in [0.2, 0.25) is 5.91 Å². The van der Waals surface area contributed by atoms with Crippen molar-refractivity contribution < 1.29 is 9.59 Å². The molecule has 0 atom stereocenters. The largest absolute Gasteiger partial charge is 0.397 e. The minimum Gasteiger partial charge on any atom is -0.397 e. The molecule has 1 aliphatic heterocycles. The van der Waals surface area contributed by atoms with Crippen molar-refractivity contribution in [1.29, 1.82) is 0 Å². The van der Waals surface area contributed by atoms with Gasteiger partial charge in [-0.15, -0.1) is 0 Å². The summed E-state index contributed by atoms with van der Waals surface area (Å²) in [6.07, 6.45) is 0. The van der Waals surface area contributed by atoms with Crippen LogP contribution in [-0.2, 0) is 4.79 Å². The number of rotatable bonds is 0. The number of nitrogen functional groups attached to an aromatic ring is 1. The lowest BCUT2D eigenvalue weighted by Crippen LogP contribution is -2.28. The fourth-order valence-corrected chi connectivity index (χ4v) is 1.89. The number of benzene rings is 1. The van der Waals surface area contributed by atoms with Gasteiger partial charge in [-0.3, -0.25) is 9.59 Å². The van der Waals surface area contributed by atoms with E-state index >= 15 is 0 Å². The Kier molecular flexibility index (Phi) is 2.36. The zero-order valence-electron chi connectivity index (χ0n) is 7.63. The summed E-state index contributed by atoms with van der Waals surface area (Å²) in [6.45, 7) is -0.0423. The van der Waals surface area contributed by atoms with Gasteiger partial charge < -0.3 is 16.4 Å². The van der Waals surface area contributed by atoms with E-state index in [9.17, 15) is 9.59 Å². The Hall–Kier alpha value is -1.56. The first kappa shape index (κ1) is 9.97. The predicted octanol–water partition coefficient (Wildman–Crippen LogP) is 0.713. The van der Waals surface area contributed by atoms with Gasteiger partial charge >= 0.3 is 0 Å². The summed E-state index contributed by atoms with van der Waals surface area (Å²) >= 11 is 3.24. The van der Waals surface area contributed by atoms with Crippen molar-refractivity contribution in [2.24, 2.45) is 0 Å². The highest BCUT2D eigenvalue weighted by atomic mass is 79.9. The first-order valence-corrected chi connectivity index (χ1v) is 5.05. The summed E-state index contributed by atoms with van der Waals surface area (Å²) < 4.78 is 0.603. The molecule has 6 heteroatoms. The molecule has 0 fully saturated rings. The number of nitrogens with one attached hydrogen (secondary N) is 2. The van der Waals surface area contributed by atoms with Gasteiger partial charge in [-0.2, -0.15) is 0 Å². The minimum atomic E-state index is -0.317. The van der Waals surface area contributed by atoms with Crippen LogP contribution in [0.4, 0.5) is 11.4 Å². The summed E-state index contributed by atoms with van der Waals surface area (Å²) in [7, 11) is 0. The smallest absolute Gasteiger partial charge is 0.255 e. The molecule has 1 aromatic carbocycles. The molecule has 15 heavy (non-hydrogen) atoms. The molecule has 5 nitrogen and oxygen atoms in total. The number of hydrogen-bond donors (Lipinski definition) is 3. The Labute approximate surface area is 94.2 Å². The van der Waals surface area contributed by atoms with Crippen molar-refractivity contribution in [3.8, 4) is 0 Å². The van der Waals surface area contributed by atoms with E-state index in [1.807, 2.05) is 0 Å². The van der Waals surface area contributed by atoms with Gasteiger partial charge in [0.1, 0.15) is 0 Å². The first-order chi connectivity index (χ1) is 7.09. The minimum absolute atomic E-state index is 0.0423. The summed E-state index contributed by atoms with van der Waals surface area (Å²) in [5.74, 6) is -0.602. The van der Waals surface area contributed by atoms with Crippen molar-refractivity contribution in [1.82, 2.24) is 5.32 Å². The highest BCUT2D eigenvalue weighted by Gasteiger charge is 2.23. The predicted molar refractivity (Wildman–Crippen MR) is 59.5 cm³/mol. The van der Waals surface area contributed by atoms with Crippen molar-refractivity contribution in [2.45, 2.75) is 0 Å². The van der Waals surface area contributed by atoms with Gasteiger partial charge in [0.05, 0.1) is 23.5 Å². The second kappa shape index (κ2) is 3.54. The van der Waals surface area contributed by atoms with Crippen LogP contribution < -0.4 is 16.4 Å². The van der Waals surface area contributed by atoms with Gasteiger partial charge in [-0.05, 0) is 28.1 Å². The summed E-state index contributed by atoms with van der Waals surface area (Å²) in [5, 5.41) is 5.07. The van der Waals surface area contributed by atoms with Crippen LogP contribution in [0.2, 0.25) is 0 Å². The number of nitrogens with two attached hydrogens (primary N) is 1. The third-order valence-electron chi connectivity index (χ3n) is 2.09. The lowest BCUT2D eigenvalue weighted by Gasteiger charge is -2.09. The standard InChI is InChI=1S/C9H8BrN3O2/c10-4-1-2-5(11)8-7(4)9(15)12-3-6(14)13-8/h1-2H,3,11H2,(H,12,15)(H,13,14). The van der Waals surface area contributed by atoms with Crippen LogP contribution in [0.5, 0.6) is 0 Å². The van der Waals surface area contributed by atoms with Crippen LogP contribution in [0.3, 0.4) is 0 Å².